The third-order valence-corrected chi connectivity index (χ3v) is 4.47. The molecule has 4 heteroatoms. The third kappa shape index (κ3) is 7.79. The topological polar surface area (TPSA) is 46.2 Å². The average molecular weight is 235 g/mol. The fraction of sp³-hybridized carbons (Fsp3) is 1.00. The number of nitrogens with one attached hydrogen (secondary N) is 1. The van der Waals surface area contributed by atoms with Crippen molar-refractivity contribution in [3.8, 4) is 0 Å². The summed E-state index contributed by atoms with van der Waals surface area (Å²) in [7, 11) is -2.86. The van der Waals surface area contributed by atoms with Crippen LogP contribution < -0.4 is 5.32 Å². The van der Waals surface area contributed by atoms with Crippen LogP contribution in [0, 0.1) is 11.8 Å². The molecule has 0 aromatic carbocycles. The van der Waals surface area contributed by atoms with Gasteiger partial charge in [-0.15, -0.1) is 0 Å². The van der Waals surface area contributed by atoms with E-state index in [1.807, 2.05) is 13.8 Å². The fourth-order valence-corrected chi connectivity index (χ4v) is 2.88. The molecule has 0 heterocycles. The van der Waals surface area contributed by atoms with Crippen molar-refractivity contribution in [2.75, 3.05) is 18.1 Å². The van der Waals surface area contributed by atoms with Crippen LogP contribution in [0.1, 0.15) is 34.6 Å². The molecule has 0 aromatic rings. The highest BCUT2D eigenvalue weighted by atomic mass is 32.2. The summed E-state index contributed by atoms with van der Waals surface area (Å²) in [6.45, 7) is 10.8. The first kappa shape index (κ1) is 14.9. The van der Waals surface area contributed by atoms with Crippen molar-refractivity contribution in [1.29, 1.82) is 0 Å². The minimum Gasteiger partial charge on any atom is -0.313 e. The van der Waals surface area contributed by atoms with E-state index in [-0.39, 0.29) is 11.7 Å². The Labute approximate surface area is 94.6 Å². The highest BCUT2D eigenvalue weighted by Crippen LogP contribution is 2.02. The fourth-order valence-electron chi connectivity index (χ4n) is 1.27. The summed E-state index contributed by atoms with van der Waals surface area (Å²) < 4.78 is 23.1. The smallest absolute Gasteiger partial charge is 0.151 e. The Hall–Kier alpha value is -0.0900. The molecule has 1 atom stereocenters. The number of rotatable bonds is 7. The van der Waals surface area contributed by atoms with E-state index in [9.17, 15) is 8.42 Å². The number of sulfone groups is 1. The van der Waals surface area contributed by atoms with Gasteiger partial charge in [-0.05, 0) is 18.8 Å². The maximum Gasteiger partial charge on any atom is 0.151 e. The van der Waals surface area contributed by atoms with Crippen LogP contribution in [-0.4, -0.2) is 32.5 Å². The van der Waals surface area contributed by atoms with E-state index in [1.165, 1.54) is 0 Å². The average Bonchev–Trinajstić information content (AvgIpc) is 2.00. The Balaban J connectivity index is 3.86. The quantitative estimate of drug-likeness (QED) is 0.730. The van der Waals surface area contributed by atoms with Gasteiger partial charge in [0.05, 0.1) is 11.5 Å². The van der Waals surface area contributed by atoms with E-state index in [0.29, 0.717) is 24.3 Å². The van der Waals surface area contributed by atoms with Gasteiger partial charge in [0.2, 0.25) is 0 Å². The van der Waals surface area contributed by atoms with E-state index in [0.717, 1.165) is 0 Å². The second-order valence-electron chi connectivity index (χ2n) is 5.00. The van der Waals surface area contributed by atoms with Crippen LogP contribution in [-0.2, 0) is 9.84 Å². The molecule has 0 saturated heterocycles. The van der Waals surface area contributed by atoms with E-state index < -0.39 is 9.84 Å². The lowest BCUT2D eigenvalue weighted by Crippen LogP contribution is -2.35. The summed E-state index contributed by atoms with van der Waals surface area (Å²) in [5, 5.41) is 3.23. The molecular weight excluding hydrogens is 210 g/mol. The van der Waals surface area contributed by atoms with Crippen LogP contribution in [0.3, 0.4) is 0 Å². The minimum absolute atomic E-state index is 0.220. The molecule has 0 saturated carbocycles. The Morgan fingerprint density at radius 1 is 1.07 bits per heavy atom. The normalized spacial score (nSPS) is 14.9. The first-order chi connectivity index (χ1) is 6.74. The van der Waals surface area contributed by atoms with E-state index in [2.05, 4.69) is 26.1 Å². The molecule has 0 rings (SSSR count). The molecule has 0 aliphatic heterocycles. The van der Waals surface area contributed by atoms with Gasteiger partial charge in [0.1, 0.15) is 0 Å². The Morgan fingerprint density at radius 3 is 2.00 bits per heavy atom. The second kappa shape index (κ2) is 6.48. The third-order valence-electron chi connectivity index (χ3n) is 2.47. The largest absolute Gasteiger partial charge is 0.313 e. The summed E-state index contributed by atoms with van der Waals surface area (Å²) in [6, 6.07) is 0.374. The van der Waals surface area contributed by atoms with Crippen LogP contribution in [0.15, 0.2) is 0 Å². The van der Waals surface area contributed by atoms with Gasteiger partial charge in [-0.2, -0.15) is 0 Å². The van der Waals surface area contributed by atoms with E-state index in [1.54, 1.807) is 0 Å². The summed E-state index contributed by atoms with van der Waals surface area (Å²) in [6.07, 6.45) is 0. The van der Waals surface area contributed by atoms with Crippen molar-refractivity contribution < 1.29 is 8.42 Å². The maximum atomic E-state index is 11.6. The zero-order valence-corrected chi connectivity index (χ0v) is 11.4. The van der Waals surface area contributed by atoms with Crippen LogP contribution in [0.2, 0.25) is 0 Å². The molecule has 0 aliphatic rings. The molecule has 0 bridgehead atoms. The number of hydrogen-bond donors (Lipinski definition) is 1. The molecule has 1 N–H and O–H groups in total. The molecule has 92 valence electrons. The van der Waals surface area contributed by atoms with Gasteiger partial charge >= 0.3 is 0 Å². The molecule has 0 aromatic heterocycles. The Bertz CT molecular complexity index is 258. The van der Waals surface area contributed by atoms with Crippen molar-refractivity contribution >= 4 is 9.84 Å². The predicted octanol–water partition coefficient (Wildman–Crippen LogP) is 1.69. The minimum atomic E-state index is -2.86. The lowest BCUT2D eigenvalue weighted by molar-refractivity contribution is 0.436. The molecule has 0 spiro atoms. The predicted molar refractivity (Wildman–Crippen MR) is 65.8 cm³/mol. The molecule has 15 heavy (non-hydrogen) atoms. The monoisotopic (exact) mass is 235 g/mol. The van der Waals surface area contributed by atoms with E-state index in [4.69, 9.17) is 0 Å². The van der Waals surface area contributed by atoms with Crippen molar-refractivity contribution in [1.82, 2.24) is 5.32 Å². The van der Waals surface area contributed by atoms with Crippen molar-refractivity contribution in [3.05, 3.63) is 0 Å². The molecule has 1 unspecified atom stereocenters. The van der Waals surface area contributed by atoms with Gasteiger partial charge < -0.3 is 5.32 Å². The first-order valence-electron chi connectivity index (χ1n) is 5.68. The van der Waals surface area contributed by atoms with Crippen LogP contribution in [0.5, 0.6) is 0 Å². The van der Waals surface area contributed by atoms with Crippen LogP contribution in [0.4, 0.5) is 0 Å². The van der Waals surface area contributed by atoms with Gasteiger partial charge in [0.15, 0.2) is 9.84 Å². The lowest BCUT2D eigenvalue weighted by atomic mass is 10.1. The SMILES string of the molecule is CC(C)CS(=O)(=O)CCNC(C)C(C)C. The first-order valence-corrected chi connectivity index (χ1v) is 7.50. The van der Waals surface area contributed by atoms with Gasteiger partial charge in [-0.3, -0.25) is 0 Å². The van der Waals surface area contributed by atoms with Crippen molar-refractivity contribution in [3.63, 3.8) is 0 Å². The van der Waals surface area contributed by atoms with Crippen molar-refractivity contribution in [2.45, 2.75) is 40.7 Å². The summed E-state index contributed by atoms with van der Waals surface area (Å²) >= 11 is 0. The second-order valence-corrected chi connectivity index (χ2v) is 7.22. The van der Waals surface area contributed by atoms with Gasteiger partial charge in [-0.1, -0.05) is 27.7 Å². The van der Waals surface area contributed by atoms with Crippen LogP contribution in [0.25, 0.3) is 0 Å². The van der Waals surface area contributed by atoms with Crippen molar-refractivity contribution in [2.24, 2.45) is 11.8 Å². The molecule has 3 nitrogen and oxygen atoms in total. The summed E-state index contributed by atoms with van der Waals surface area (Å²) in [4.78, 5) is 0. The molecule has 0 amide bonds. The molecular formula is C11H25NO2S. The molecule has 0 fully saturated rings. The van der Waals surface area contributed by atoms with Gasteiger partial charge in [0.25, 0.3) is 0 Å². The van der Waals surface area contributed by atoms with Gasteiger partial charge in [0, 0.05) is 12.6 Å². The maximum absolute atomic E-state index is 11.6. The highest BCUT2D eigenvalue weighted by molar-refractivity contribution is 7.91. The van der Waals surface area contributed by atoms with Gasteiger partial charge in [-0.25, -0.2) is 8.42 Å². The molecule has 0 radical (unpaired) electrons. The highest BCUT2D eigenvalue weighted by Gasteiger charge is 2.13. The Kier molecular flexibility index (Phi) is 6.44. The lowest BCUT2D eigenvalue weighted by Gasteiger charge is -2.17. The zero-order chi connectivity index (χ0) is 12.1. The van der Waals surface area contributed by atoms with Crippen LogP contribution >= 0.6 is 0 Å². The van der Waals surface area contributed by atoms with E-state index >= 15 is 0 Å². The summed E-state index contributed by atoms with van der Waals surface area (Å²) in [5.41, 5.74) is 0. The number of hydrogen-bond acceptors (Lipinski definition) is 3. The standard InChI is InChI=1S/C11H25NO2S/c1-9(2)8-15(13,14)7-6-12-11(5)10(3)4/h9-12H,6-8H2,1-5H3. The molecule has 0 aliphatic carbocycles. The zero-order valence-electron chi connectivity index (χ0n) is 10.6. The summed E-state index contributed by atoms with van der Waals surface area (Å²) in [5.74, 6) is 1.31. The Morgan fingerprint density at radius 2 is 1.60 bits per heavy atom.